The van der Waals surface area contributed by atoms with Gasteiger partial charge in [0.05, 0.1) is 14.2 Å². The van der Waals surface area contributed by atoms with Crippen molar-refractivity contribution < 1.29 is 14.3 Å². The zero-order valence-electron chi connectivity index (χ0n) is 13.8. The summed E-state index contributed by atoms with van der Waals surface area (Å²) in [6, 6.07) is 13.4. The summed E-state index contributed by atoms with van der Waals surface area (Å²) >= 11 is 3.41. The molecule has 24 heavy (non-hydrogen) atoms. The van der Waals surface area contributed by atoms with Gasteiger partial charge in [-0.05, 0) is 41.8 Å². The van der Waals surface area contributed by atoms with Gasteiger partial charge in [-0.2, -0.15) is 0 Å². The Morgan fingerprint density at radius 3 is 2.50 bits per heavy atom. The first-order valence-corrected chi connectivity index (χ1v) is 8.38. The third-order valence-corrected chi connectivity index (χ3v) is 3.98. The summed E-state index contributed by atoms with van der Waals surface area (Å²) in [6.07, 6.45) is 0.713. The molecular weight excluding hydrogens is 372 g/mol. The van der Waals surface area contributed by atoms with Gasteiger partial charge in [0, 0.05) is 17.6 Å². The van der Waals surface area contributed by atoms with Crippen molar-refractivity contribution in [1.82, 2.24) is 10.6 Å². The smallest absolute Gasteiger partial charge is 0.315 e. The van der Waals surface area contributed by atoms with Crippen LogP contribution in [0, 0.1) is 0 Å². The van der Waals surface area contributed by atoms with Crippen LogP contribution in [0.4, 0.5) is 4.79 Å². The van der Waals surface area contributed by atoms with Crippen molar-refractivity contribution in [2.45, 2.75) is 13.0 Å². The number of methoxy groups -OCH3 is 2. The molecule has 0 aliphatic carbocycles. The lowest BCUT2D eigenvalue weighted by atomic mass is 10.1. The third kappa shape index (κ3) is 5.45. The molecule has 2 amide bonds. The summed E-state index contributed by atoms with van der Waals surface area (Å²) in [5.74, 6) is 1.38. The van der Waals surface area contributed by atoms with Crippen molar-refractivity contribution in [3.63, 3.8) is 0 Å². The number of hydrogen-bond donors (Lipinski definition) is 2. The summed E-state index contributed by atoms with van der Waals surface area (Å²) in [5.41, 5.74) is 2.11. The van der Waals surface area contributed by atoms with E-state index in [9.17, 15) is 4.79 Å². The standard InChI is InChI=1S/C18H21BrN2O3/c1-23-16-7-6-13(11-17(16)24-2)8-9-20-18(22)21-12-14-4-3-5-15(19)10-14/h3-7,10-11H,8-9,12H2,1-2H3,(H2,20,21,22). The molecule has 0 bridgehead atoms. The number of carbonyl (C=O) groups excluding carboxylic acids is 1. The molecule has 2 rings (SSSR count). The average molecular weight is 393 g/mol. The fourth-order valence-corrected chi connectivity index (χ4v) is 2.69. The molecule has 0 saturated heterocycles. The normalized spacial score (nSPS) is 10.1. The maximum atomic E-state index is 11.8. The van der Waals surface area contributed by atoms with Crippen LogP contribution in [0.1, 0.15) is 11.1 Å². The van der Waals surface area contributed by atoms with E-state index in [0.717, 1.165) is 15.6 Å². The molecule has 0 fully saturated rings. The molecule has 6 heteroatoms. The first-order chi connectivity index (χ1) is 11.6. The van der Waals surface area contributed by atoms with Gasteiger partial charge in [-0.3, -0.25) is 0 Å². The SMILES string of the molecule is COc1ccc(CCNC(=O)NCc2cccc(Br)c2)cc1OC. The Balaban J connectivity index is 1.76. The molecular formula is C18H21BrN2O3. The monoisotopic (exact) mass is 392 g/mol. The second kappa shape index (κ2) is 9.17. The van der Waals surface area contributed by atoms with Crippen LogP contribution in [-0.4, -0.2) is 26.8 Å². The summed E-state index contributed by atoms with van der Waals surface area (Å²) in [4.78, 5) is 11.8. The molecule has 5 nitrogen and oxygen atoms in total. The lowest BCUT2D eigenvalue weighted by Crippen LogP contribution is -2.36. The van der Waals surface area contributed by atoms with Crippen LogP contribution in [0.15, 0.2) is 46.9 Å². The van der Waals surface area contributed by atoms with Crippen LogP contribution >= 0.6 is 15.9 Å². The summed E-state index contributed by atoms with van der Waals surface area (Å²) in [6.45, 7) is 1.03. The number of ether oxygens (including phenoxy) is 2. The van der Waals surface area contributed by atoms with Crippen LogP contribution in [0.3, 0.4) is 0 Å². The van der Waals surface area contributed by atoms with E-state index in [4.69, 9.17) is 9.47 Å². The van der Waals surface area contributed by atoms with Crippen molar-refractivity contribution in [1.29, 1.82) is 0 Å². The highest BCUT2D eigenvalue weighted by Gasteiger charge is 2.05. The van der Waals surface area contributed by atoms with Gasteiger partial charge in [0.15, 0.2) is 11.5 Å². The molecule has 0 saturated carbocycles. The fourth-order valence-electron chi connectivity index (χ4n) is 2.25. The van der Waals surface area contributed by atoms with Crippen molar-refractivity contribution >= 4 is 22.0 Å². The van der Waals surface area contributed by atoms with E-state index in [1.54, 1.807) is 14.2 Å². The lowest BCUT2D eigenvalue weighted by molar-refractivity contribution is 0.240. The van der Waals surface area contributed by atoms with Crippen molar-refractivity contribution in [3.05, 3.63) is 58.1 Å². The van der Waals surface area contributed by atoms with E-state index in [1.165, 1.54) is 0 Å². The molecule has 2 aromatic carbocycles. The van der Waals surface area contributed by atoms with Crippen LogP contribution in [0.2, 0.25) is 0 Å². The largest absolute Gasteiger partial charge is 0.493 e. The van der Waals surface area contributed by atoms with Gasteiger partial charge in [0.2, 0.25) is 0 Å². The minimum absolute atomic E-state index is 0.185. The average Bonchev–Trinajstić information content (AvgIpc) is 2.60. The Kier molecular flexibility index (Phi) is 6.93. The number of carbonyl (C=O) groups is 1. The van der Waals surface area contributed by atoms with Gasteiger partial charge in [-0.1, -0.05) is 34.1 Å². The van der Waals surface area contributed by atoms with Crippen LogP contribution in [0.25, 0.3) is 0 Å². The quantitative estimate of drug-likeness (QED) is 0.757. The highest BCUT2D eigenvalue weighted by atomic mass is 79.9. The number of amides is 2. The predicted molar refractivity (Wildman–Crippen MR) is 97.6 cm³/mol. The van der Waals surface area contributed by atoms with E-state index in [-0.39, 0.29) is 6.03 Å². The van der Waals surface area contributed by atoms with E-state index in [1.807, 2.05) is 42.5 Å². The maximum Gasteiger partial charge on any atom is 0.315 e. The molecule has 0 aromatic heterocycles. The fraction of sp³-hybridized carbons (Fsp3) is 0.278. The van der Waals surface area contributed by atoms with E-state index in [0.29, 0.717) is 31.0 Å². The van der Waals surface area contributed by atoms with Crippen molar-refractivity contribution in [2.75, 3.05) is 20.8 Å². The van der Waals surface area contributed by atoms with Gasteiger partial charge >= 0.3 is 6.03 Å². The molecule has 0 unspecified atom stereocenters. The summed E-state index contributed by atoms with van der Waals surface area (Å²) in [7, 11) is 3.21. The predicted octanol–water partition coefficient (Wildman–Crippen LogP) is 3.51. The molecule has 0 spiro atoms. The number of nitrogens with one attached hydrogen (secondary N) is 2. The van der Waals surface area contributed by atoms with Gasteiger partial charge in [-0.15, -0.1) is 0 Å². The van der Waals surface area contributed by atoms with Gasteiger partial charge in [0.1, 0.15) is 0 Å². The Bertz CT molecular complexity index is 692. The first kappa shape index (κ1) is 18.1. The van der Waals surface area contributed by atoms with Crippen molar-refractivity contribution in [2.24, 2.45) is 0 Å². The molecule has 2 aromatic rings. The zero-order valence-corrected chi connectivity index (χ0v) is 15.4. The van der Waals surface area contributed by atoms with E-state index in [2.05, 4.69) is 26.6 Å². The van der Waals surface area contributed by atoms with E-state index < -0.39 is 0 Å². The first-order valence-electron chi connectivity index (χ1n) is 7.59. The minimum atomic E-state index is -0.185. The van der Waals surface area contributed by atoms with Gasteiger partial charge < -0.3 is 20.1 Å². The highest BCUT2D eigenvalue weighted by Crippen LogP contribution is 2.27. The van der Waals surface area contributed by atoms with Crippen LogP contribution in [0.5, 0.6) is 11.5 Å². The molecule has 0 aliphatic rings. The minimum Gasteiger partial charge on any atom is -0.493 e. The number of rotatable bonds is 7. The van der Waals surface area contributed by atoms with Crippen LogP contribution in [-0.2, 0) is 13.0 Å². The van der Waals surface area contributed by atoms with Crippen molar-refractivity contribution in [3.8, 4) is 11.5 Å². The highest BCUT2D eigenvalue weighted by molar-refractivity contribution is 9.10. The Morgan fingerprint density at radius 1 is 1.00 bits per heavy atom. The number of urea groups is 1. The Labute approximate surface area is 150 Å². The summed E-state index contributed by atoms with van der Waals surface area (Å²) in [5, 5.41) is 5.69. The number of hydrogen-bond acceptors (Lipinski definition) is 3. The molecule has 0 radical (unpaired) electrons. The summed E-state index contributed by atoms with van der Waals surface area (Å²) < 4.78 is 11.5. The Morgan fingerprint density at radius 2 is 1.79 bits per heavy atom. The molecule has 2 N–H and O–H groups in total. The van der Waals surface area contributed by atoms with Gasteiger partial charge in [0.25, 0.3) is 0 Å². The molecule has 0 atom stereocenters. The Hall–Kier alpha value is -2.21. The zero-order chi connectivity index (χ0) is 17.4. The maximum absolute atomic E-state index is 11.8. The van der Waals surface area contributed by atoms with Gasteiger partial charge in [-0.25, -0.2) is 4.79 Å². The third-order valence-electron chi connectivity index (χ3n) is 3.49. The molecule has 128 valence electrons. The molecule has 0 aliphatic heterocycles. The molecule has 0 heterocycles. The number of benzene rings is 2. The lowest BCUT2D eigenvalue weighted by Gasteiger charge is -2.11. The second-order valence-corrected chi connectivity index (χ2v) is 6.09. The topological polar surface area (TPSA) is 59.6 Å². The van der Waals surface area contributed by atoms with E-state index >= 15 is 0 Å². The second-order valence-electron chi connectivity index (χ2n) is 5.18. The number of halogens is 1. The van der Waals surface area contributed by atoms with Crippen LogP contribution < -0.4 is 20.1 Å².